The number of aliphatic hydroxyl groups excluding tert-OH is 1. The van der Waals surface area contributed by atoms with Crippen molar-refractivity contribution in [1.29, 1.82) is 0 Å². The van der Waals surface area contributed by atoms with Crippen LogP contribution in [0.2, 0.25) is 0 Å². The lowest BCUT2D eigenvalue weighted by Gasteiger charge is -2.38. The van der Waals surface area contributed by atoms with Crippen molar-refractivity contribution in [2.75, 3.05) is 39.3 Å². The van der Waals surface area contributed by atoms with Crippen molar-refractivity contribution in [2.24, 2.45) is 5.92 Å². The number of rotatable bonds is 6. The molecule has 22 heavy (non-hydrogen) atoms. The van der Waals surface area contributed by atoms with Crippen LogP contribution in [0.4, 0.5) is 0 Å². The van der Waals surface area contributed by atoms with Crippen LogP contribution >= 0.6 is 0 Å². The van der Waals surface area contributed by atoms with Gasteiger partial charge in [0.25, 0.3) is 0 Å². The van der Waals surface area contributed by atoms with Crippen molar-refractivity contribution < 1.29 is 9.90 Å². The van der Waals surface area contributed by atoms with Crippen molar-refractivity contribution in [3.63, 3.8) is 0 Å². The second-order valence-electron chi connectivity index (χ2n) is 7.08. The van der Waals surface area contributed by atoms with Gasteiger partial charge in [-0.2, -0.15) is 0 Å². The number of carbonyl (C=O) groups excluding carboxylic acids is 1. The van der Waals surface area contributed by atoms with Crippen molar-refractivity contribution in [2.45, 2.75) is 58.0 Å². The molecule has 1 saturated carbocycles. The molecule has 1 aliphatic carbocycles. The molecule has 0 aromatic heterocycles. The summed E-state index contributed by atoms with van der Waals surface area (Å²) in [4.78, 5) is 16.8. The third-order valence-corrected chi connectivity index (χ3v) is 5.35. The number of amides is 1. The van der Waals surface area contributed by atoms with Gasteiger partial charge in [0, 0.05) is 38.3 Å². The Bertz CT molecular complexity index is 331. The number of hydrogen-bond donors (Lipinski definition) is 2. The first-order valence-electron chi connectivity index (χ1n) is 8.99. The Morgan fingerprint density at radius 2 is 1.82 bits per heavy atom. The minimum atomic E-state index is 0.183. The molecule has 5 nitrogen and oxygen atoms in total. The number of piperazine rings is 1. The molecule has 0 spiro atoms. The molecule has 2 N–H and O–H groups in total. The maximum atomic E-state index is 12.2. The predicted molar refractivity (Wildman–Crippen MR) is 88.7 cm³/mol. The summed E-state index contributed by atoms with van der Waals surface area (Å²) in [6.07, 6.45) is 5.73. The number of nitrogens with one attached hydrogen (secondary N) is 1. The quantitative estimate of drug-likeness (QED) is 0.770. The molecule has 1 atom stereocenters. The summed E-state index contributed by atoms with van der Waals surface area (Å²) in [5.74, 6) is 1.00. The van der Waals surface area contributed by atoms with Gasteiger partial charge in [-0.1, -0.05) is 13.8 Å². The normalized spacial score (nSPS) is 29.2. The molecule has 128 valence electrons. The van der Waals surface area contributed by atoms with Gasteiger partial charge in [-0.15, -0.1) is 0 Å². The van der Waals surface area contributed by atoms with Gasteiger partial charge in [0.05, 0.1) is 13.2 Å². The van der Waals surface area contributed by atoms with E-state index in [9.17, 15) is 9.90 Å². The third-order valence-electron chi connectivity index (χ3n) is 5.35. The first-order chi connectivity index (χ1) is 10.6. The first-order valence-corrected chi connectivity index (χ1v) is 8.99. The Hall–Kier alpha value is -0.650. The van der Waals surface area contributed by atoms with E-state index in [4.69, 9.17) is 0 Å². The lowest BCUT2D eigenvalue weighted by atomic mass is 9.87. The highest BCUT2D eigenvalue weighted by Gasteiger charge is 2.24. The van der Waals surface area contributed by atoms with E-state index >= 15 is 0 Å². The van der Waals surface area contributed by atoms with Crippen LogP contribution in [0.5, 0.6) is 0 Å². The Morgan fingerprint density at radius 3 is 2.36 bits per heavy atom. The van der Waals surface area contributed by atoms with Gasteiger partial charge >= 0.3 is 0 Å². The fourth-order valence-corrected chi connectivity index (χ4v) is 3.67. The molecular formula is C17H33N3O2. The van der Waals surface area contributed by atoms with E-state index in [1.165, 1.54) is 12.8 Å². The van der Waals surface area contributed by atoms with Crippen LogP contribution in [-0.2, 0) is 4.79 Å². The standard InChI is InChI=1S/C17H33N3O2/c1-3-16(13-21)20-10-8-19(9-11-20)12-17(22)18-15-6-4-14(2)5-7-15/h14-16,21H,3-13H2,1-2H3,(H,18,22). The van der Waals surface area contributed by atoms with Gasteiger partial charge in [0.15, 0.2) is 0 Å². The summed E-state index contributed by atoms with van der Waals surface area (Å²) in [6, 6.07) is 0.670. The minimum Gasteiger partial charge on any atom is -0.395 e. The zero-order valence-electron chi connectivity index (χ0n) is 14.3. The number of hydrogen-bond acceptors (Lipinski definition) is 4. The van der Waals surface area contributed by atoms with Gasteiger partial charge in [-0.25, -0.2) is 0 Å². The zero-order valence-corrected chi connectivity index (χ0v) is 14.3. The van der Waals surface area contributed by atoms with Gasteiger partial charge < -0.3 is 10.4 Å². The second kappa shape index (κ2) is 8.85. The molecule has 1 unspecified atom stereocenters. The van der Waals surface area contributed by atoms with Gasteiger partial charge in [0.2, 0.25) is 5.91 Å². The number of carbonyl (C=O) groups is 1. The van der Waals surface area contributed by atoms with Crippen LogP contribution in [0.1, 0.15) is 46.0 Å². The highest BCUT2D eigenvalue weighted by molar-refractivity contribution is 5.78. The van der Waals surface area contributed by atoms with Crippen molar-refractivity contribution in [1.82, 2.24) is 15.1 Å². The van der Waals surface area contributed by atoms with Crippen molar-refractivity contribution in [3.8, 4) is 0 Å². The third kappa shape index (κ3) is 5.21. The molecule has 1 saturated heterocycles. The largest absolute Gasteiger partial charge is 0.395 e. The van der Waals surface area contributed by atoms with E-state index in [2.05, 4.69) is 29.0 Å². The smallest absolute Gasteiger partial charge is 0.234 e. The Morgan fingerprint density at radius 1 is 1.18 bits per heavy atom. The molecule has 0 aromatic carbocycles. The van der Waals surface area contributed by atoms with Crippen LogP contribution < -0.4 is 5.32 Å². The van der Waals surface area contributed by atoms with Crippen LogP contribution in [0, 0.1) is 5.92 Å². The lowest BCUT2D eigenvalue weighted by molar-refractivity contribution is -0.123. The Kier molecular flexibility index (Phi) is 7.12. The van der Waals surface area contributed by atoms with E-state index in [1.807, 2.05) is 0 Å². The topological polar surface area (TPSA) is 55.8 Å². The molecule has 1 aliphatic heterocycles. The summed E-state index contributed by atoms with van der Waals surface area (Å²) in [7, 11) is 0. The summed E-state index contributed by atoms with van der Waals surface area (Å²) in [5, 5.41) is 12.6. The average molecular weight is 311 g/mol. The molecule has 1 heterocycles. The zero-order chi connectivity index (χ0) is 15.9. The maximum absolute atomic E-state index is 12.2. The molecule has 0 bridgehead atoms. The molecule has 5 heteroatoms. The summed E-state index contributed by atoms with van der Waals surface area (Å²) >= 11 is 0. The highest BCUT2D eigenvalue weighted by Crippen LogP contribution is 2.23. The van der Waals surface area contributed by atoms with Gasteiger partial charge in [-0.05, 0) is 38.0 Å². The van der Waals surface area contributed by atoms with E-state index in [0.29, 0.717) is 12.6 Å². The fraction of sp³-hybridized carbons (Fsp3) is 0.941. The lowest BCUT2D eigenvalue weighted by Crippen LogP contribution is -2.53. The molecule has 1 amide bonds. The maximum Gasteiger partial charge on any atom is 0.234 e. The molecule has 0 radical (unpaired) electrons. The van der Waals surface area contributed by atoms with E-state index in [0.717, 1.165) is 51.4 Å². The monoisotopic (exact) mass is 311 g/mol. The Balaban J connectivity index is 1.66. The van der Waals surface area contributed by atoms with Gasteiger partial charge in [-0.3, -0.25) is 14.6 Å². The Labute approximate surface area is 135 Å². The molecular weight excluding hydrogens is 278 g/mol. The summed E-state index contributed by atoms with van der Waals surface area (Å²) < 4.78 is 0. The van der Waals surface area contributed by atoms with Crippen molar-refractivity contribution in [3.05, 3.63) is 0 Å². The van der Waals surface area contributed by atoms with Gasteiger partial charge in [0.1, 0.15) is 0 Å². The first kappa shape index (κ1) is 17.7. The minimum absolute atomic E-state index is 0.183. The van der Waals surface area contributed by atoms with Crippen LogP contribution in [0.25, 0.3) is 0 Å². The molecule has 2 aliphatic rings. The summed E-state index contributed by atoms with van der Waals surface area (Å²) in [5.41, 5.74) is 0. The molecule has 2 fully saturated rings. The predicted octanol–water partition coefficient (Wildman–Crippen LogP) is 1.07. The van der Waals surface area contributed by atoms with E-state index < -0.39 is 0 Å². The van der Waals surface area contributed by atoms with E-state index in [1.54, 1.807) is 0 Å². The van der Waals surface area contributed by atoms with Crippen LogP contribution in [0.3, 0.4) is 0 Å². The summed E-state index contributed by atoms with van der Waals surface area (Å²) in [6.45, 7) is 8.92. The van der Waals surface area contributed by atoms with Crippen molar-refractivity contribution >= 4 is 5.91 Å². The van der Waals surface area contributed by atoms with E-state index in [-0.39, 0.29) is 18.6 Å². The second-order valence-corrected chi connectivity index (χ2v) is 7.08. The van der Waals surface area contributed by atoms with Crippen LogP contribution in [0.15, 0.2) is 0 Å². The van der Waals surface area contributed by atoms with Crippen LogP contribution in [-0.4, -0.2) is 72.2 Å². The fourth-order valence-electron chi connectivity index (χ4n) is 3.67. The molecule has 0 aromatic rings. The average Bonchev–Trinajstić information content (AvgIpc) is 2.52. The SMILES string of the molecule is CCC(CO)N1CCN(CC(=O)NC2CCC(C)CC2)CC1. The number of nitrogens with zero attached hydrogens (tertiary/aromatic N) is 2. The highest BCUT2D eigenvalue weighted by atomic mass is 16.3. The molecule has 2 rings (SSSR count). The number of aliphatic hydroxyl groups is 1.